The van der Waals surface area contributed by atoms with Gasteiger partial charge in [0.2, 0.25) is 5.91 Å². The predicted molar refractivity (Wildman–Crippen MR) is 105 cm³/mol. The summed E-state index contributed by atoms with van der Waals surface area (Å²) in [6.45, 7) is 0.568. The Morgan fingerprint density at radius 2 is 1.88 bits per heavy atom. The van der Waals surface area contributed by atoms with Gasteiger partial charge in [-0.1, -0.05) is 6.07 Å². The predicted octanol–water partition coefficient (Wildman–Crippen LogP) is 3.53. The highest BCUT2D eigenvalue weighted by molar-refractivity contribution is 7.10. The number of amides is 1. The van der Waals surface area contributed by atoms with Crippen molar-refractivity contribution in [3.8, 4) is 5.75 Å². The third kappa shape index (κ3) is 5.97. The molecule has 2 rings (SSSR count). The fourth-order valence-corrected chi connectivity index (χ4v) is 3.57. The lowest BCUT2D eigenvalue weighted by atomic mass is 10.1. The Bertz CT molecular complexity index is 696. The van der Waals surface area contributed by atoms with E-state index in [-0.39, 0.29) is 17.7 Å². The summed E-state index contributed by atoms with van der Waals surface area (Å²) in [6, 6.07) is 11.3. The number of Topliss-reactive ketones (excluding diaryl/α,β-unsaturated/α-hetero) is 1. The topological polar surface area (TPSA) is 58.6 Å². The fraction of sp³-hybridized carbons (Fsp3) is 0.400. The van der Waals surface area contributed by atoms with Crippen LogP contribution in [0, 0.1) is 0 Å². The number of methoxy groups -OCH3 is 1. The number of hydrogen-bond acceptors (Lipinski definition) is 5. The van der Waals surface area contributed by atoms with Gasteiger partial charge in [-0.05, 0) is 56.2 Å². The van der Waals surface area contributed by atoms with Crippen LogP contribution in [0.3, 0.4) is 0 Å². The molecule has 0 spiro atoms. The lowest BCUT2D eigenvalue weighted by Crippen LogP contribution is -2.34. The molecule has 0 bridgehead atoms. The highest BCUT2D eigenvalue weighted by Crippen LogP contribution is 2.22. The molecule has 1 atom stereocenters. The Kier molecular flexibility index (Phi) is 7.81. The highest BCUT2D eigenvalue weighted by atomic mass is 32.1. The molecule has 6 heteroatoms. The van der Waals surface area contributed by atoms with Gasteiger partial charge in [0.25, 0.3) is 0 Å². The van der Waals surface area contributed by atoms with Crippen LogP contribution in [-0.2, 0) is 4.79 Å². The number of nitrogens with zero attached hydrogens (tertiary/aromatic N) is 1. The van der Waals surface area contributed by atoms with Crippen molar-refractivity contribution < 1.29 is 14.3 Å². The molecule has 0 aliphatic heterocycles. The monoisotopic (exact) mass is 374 g/mol. The summed E-state index contributed by atoms with van der Waals surface area (Å²) in [5.41, 5.74) is 0.650. The van der Waals surface area contributed by atoms with Crippen LogP contribution in [0.4, 0.5) is 0 Å². The van der Waals surface area contributed by atoms with Gasteiger partial charge >= 0.3 is 0 Å². The average molecular weight is 375 g/mol. The van der Waals surface area contributed by atoms with Crippen molar-refractivity contribution in [2.75, 3.05) is 27.7 Å². The first-order valence-electron chi connectivity index (χ1n) is 8.65. The summed E-state index contributed by atoms with van der Waals surface area (Å²) in [5.74, 6) is 0.753. The second kappa shape index (κ2) is 10.1. The molecule has 0 saturated carbocycles. The number of nitrogens with one attached hydrogen (secondary N) is 1. The number of carbonyl (C=O) groups excluding carboxylic acids is 2. The van der Waals surface area contributed by atoms with E-state index in [9.17, 15) is 9.59 Å². The van der Waals surface area contributed by atoms with Crippen LogP contribution in [0.15, 0.2) is 41.8 Å². The van der Waals surface area contributed by atoms with Gasteiger partial charge in [0.15, 0.2) is 5.78 Å². The molecule has 2 aromatic rings. The number of hydrogen-bond donors (Lipinski definition) is 1. The zero-order valence-corrected chi connectivity index (χ0v) is 16.3. The van der Waals surface area contributed by atoms with Crippen LogP contribution < -0.4 is 10.1 Å². The molecule has 0 aliphatic carbocycles. The van der Waals surface area contributed by atoms with E-state index in [0.717, 1.165) is 5.75 Å². The molecular weight excluding hydrogens is 348 g/mol. The average Bonchev–Trinajstić information content (AvgIpc) is 3.16. The third-order valence-electron chi connectivity index (χ3n) is 4.21. The van der Waals surface area contributed by atoms with E-state index in [1.807, 2.05) is 25.5 Å². The van der Waals surface area contributed by atoms with Gasteiger partial charge in [-0.3, -0.25) is 9.59 Å². The highest BCUT2D eigenvalue weighted by Gasteiger charge is 2.16. The van der Waals surface area contributed by atoms with Crippen molar-refractivity contribution in [1.82, 2.24) is 10.2 Å². The Morgan fingerprint density at radius 3 is 2.46 bits per heavy atom. The Labute approximate surface area is 159 Å². The lowest BCUT2D eigenvalue weighted by molar-refractivity contribution is -0.121. The zero-order valence-electron chi connectivity index (χ0n) is 15.5. The van der Waals surface area contributed by atoms with E-state index in [4.69, 9.17) is 4.74 Å². The van der Waals surface area contributed by atoms with Gasteiger partial charge in [-0.25, -0.2) is 0 Å². The first-order chi connectivity index (χ1) is 12.5. The van der Waals surface area contributed by atoms with Gasteiger partial charge in [0, 0.05) is 29.8 Å². The summed E-state index contributed by atoms with van der Waals surface area (Å²) in [4.78, 5) is 27.6. The van der Waals surface area contributed by atoms with Gasteiger partial charge in [0.1, 0.15) is 5.75 Å². The Balaban J connectivity index is 1.73. The maximum absolute atomic E-state index is 12.2. The molecule has 1 aromatic carbocycles. The van der Waals surface area contributed by atoms with Crippen molar-refractivity contribution >= 4 is 23.0 Å². The summed E-state index contributed by atoms with van der Waals surface area (Å²) < 4.78 is 5.08. The number of benzene rings is 1. The van der Waals surface area contributed by atoms with E-state index in [0.29, 0.717) is 31.4 Å². The van der Waals surface area contributed by atoms with Crippen molar-refractivity contribution in [2.24, 2.45) is 0 Å². The number of ketones is 1. The molecule has 140 valence electrons. The number of carbonyl (C=O) groups is 2. The molecule has 1 amide bonds. The van der Waals surface area contributed by atoms with E-state index < -0.39 is 0 Å². The van der Waals surface area contributed by atoms with Crippen molar-refractivity contribution in [1.29, 1.82) is 0 Å². The number of thiophene rings is 1. The minimum absolute atomic E-state index is 0.0177. The van der Waals surface area contributed by atoms with Crippen molar-refractivity contribution in [3.05, 3.63) is 52.2 Å². The minimum atomic E-state index is -0.0177. The summed E-state index contributed by atoms with van der Waals surface area (Å²) >= 11 is 1.69. The first-order valence-corrected chi connectivity index (χ1v) is 9.53. The normalized spacial score (nSPS) is 12.0. The van der Waals surface area contributed by atoms with Gasteiger partial charge in [0.05, 0.1) is 13.2 Å². The van der Waals surface area contributed by atoms with Crippen molar-refractivity contribution in [3.63, 3.8) is 0 Å². The van der Waals surface area contributed by atoms with Crippen LogP contribution in [0.1, 0.15) is 40.5 Å². The summed E-state index contributed by atoms with van der Waals surface area (Å²) in [7, 11) is 5.60. The van der Waals surface area contributed by atoms with E-state index in [2.05, 4.69) is 16.3 Å². The maximum Gasteiger partial charge on any atom is 0.220 e. The maximum atomic E-state index is 12.2. The molecule has 26 heavy (non-hydrogen) atoms. The molecule has 1 unspecified atom stereocenters. The molecular formula is C20H26N2O3S. The molecule has 0 radical (unpaired) electrons. The first kappa shape index (κ1) is 20.1. The molecule has 1 aromatic heterocycles. The number of ether oxygens (including phenoxy) is 1. The van der Waals surface area contributed by atoms with Crippen LogP contribution in [0.2, 0.25) is 0 Å². The minimum Gasteiger partial charge on any atom is -0.497 e. The largest absolute Gasteiger partial charge is 0.497 e. The van der Waals surface area contributed by atoms with Gasteiger partial charge < -0.3 is 15.0 Å². The molecule has 1 N–H and O–H groups in total. The molecule has 0 saturated heterocycles. The molecule has 0 aliphatic rings. The van der Waals surface area contributed by atoms with Crippen molar-refractivity contribution in [2.45, 2.75) is 25.3 Å². The Morgan fingerprint density at radius 1 is 1.15 bits per heavy atom. The second-order valence-corrected chi connectivity index (χ2v) is 7.28. The Hall–Kier alpha value is -2.18. The zero-order chi connectivity index (χ0) is 18.9. The molecule has 1 heterocycles. The fourth-order valence-electron chi connectivity index (χ4n) is 2.65. The standard InChI is InChI=1S/C20H26N2O3S/c1-22(2)17(19-7-5-13-26-19)14-21-20(24)8-4-6-18(23)15-9-11-16(25-3)12-10-15/h5,7,9-13,17H,4,6,8,14H2,1-3H3,(H,21,24). The van der Waals surface area contributed by atoms with Gasteiger partial charge in [-0.2, -0.15) is 0 Å². The van der Waals surface area contributed by atoms with Gasteiger partial charge in [-0.15, -0.1) is 11.3 Å². The molecule has 0 fully saturated rings. The number of rotatable bonds is 10. The van der Waals surface area contributed by atoms with Crippen LogP contribution in [-0.4, -0.2) is 44.3 Å². The quantitative estimate of drug-likeness (QED) is 0.647. The van der Waals surface area contributed by atoms with Crippen LogP contribution in [0.5, 0.6) is 5.75 Å². The second-order valence-electron chi connectivity index (χ2n) is 6.30. The molecule has 5 nitrogen and oxygen atoms in total. The van der Waals surface area contributed by atoms with E-state index >= 15 is 0 Å². The van der Waals surface area contributed by atoms with Crippen LogP contribution >= 0.6 is 11.3 Å². The smallest absolute Gasteiger partial charge is 0.220 e. The lowest BCUT2D eigenvalue weighted by Gasteiger charge is -2.23. The summed E-state index contributed by atoms with van der Waals surface area (Å²) in [5, 5.41) is 5.02. The van der Waals surface area contributed by atoms with E-state index in [1.165, 1.54) is 4.88 Å². The SMILES string of the molecule is COc1ccc(C(=O)CCCC(=O)NCC(c2cccs2)N(C)C)cc1. The third-order valence-corrected chi connectivity index (χ3v) is 5.18. The summed E-state index contributed by atoms with van der Waals surface area (Å²) in [6.07, 6.45) is 1.26. The number of likely N-dealkylation sites (N-methyl/N-ethyl adjacent to an activating group) is 1. The van der Waals surface area contributed by atoms with Crippen LogP contribution in [0.25, 0.3) is 0 Å². The van der Waals surface area contributed by atoms with E-state index in [1.54, 1.807) is 42.7 Å².